The summed E-state index contributed by atoms with van der Waals surface area (Å²) >= 11 is 0. The third-order valence-corrected chi connectivity index (χ3v) is 3.65. The number of aromatic nitrogens is 3. The number of amides is 1. The summed E-state index contributed by atoms with van der Waals surface area (Å²) in [5.41, 5.74) is 7.70. The second-order valence-electron chi connectivity index (χ2n) is 4.93. The average Bonchev–Trinajstić information content (AvgIpc) is 2.85. The first-order valence-corrected chi connectivity index (χ1v) is 6.94. The third-order valence-electron chi connectivity index (χ3n) is 3.65. The highest BCUT2D eigenvalue weighted by Gasteiger charge is 2.30. The van der Waals surface area contributed by atoms with Crippen molar-refractivity contribution >= 4 is 11.9 Å². The first-order valence-electron chi connectivity index (χ1n) is 6.94. The van der Waals surface area contributed by atoms with E-state index in [1.165, 1.54) is 0 Å². The minimum atomic E-state index is -0.125. The summed E-state index contributed by atoms with van der Waals surface area (Å²) < 4.78 is 0. The van der Waals surface area contributed by atoms with Gasteiger partial charge in [-0.1, -0.05) is 20.3 Å². The first kappa shape index (κ1) is 13.9. The summed E-state index contributed by atoms with van der Waals surface area (Å²) in [5.74, 6) is 0.0794. The molecule has 6 nitrogen and oxygen atoms in total. The van der Waals surface area contributed by atoms with E-state index in [9.17, 15) is 4.79 Å². The fraction of sp³-hybridized carbons (Fsp3) is 0.692. The van der Waals surface area contributed by atoms with Crippen molar-refractivity contribution in [3.8, 4) is 0 Å². The van der Waals surface area contributed by atoms with Crippen molar-refractivity contribution in [2.45, 2.75) is 52.0 Å². The van der Waals surface area contributed by atoms with E-state index in [0.29, 0.717) is 0 Å². The number of nitrogens with zero attached hydrogens (tertiary/aromatic N) is 3. The maximum atomic E-state index is 12.1. The summed E-state index contributed by atoms with van der Waals surface area (Å²) in [6, 6.07) is -0.0477. The van der Waals surface area contributed by atoms with E-state index in [1.807, 2.05) is 13.8 Å². The van der Waals surface area contributed by atoms with E-state index in [1.54, 1.807) is 0 Å². The molecule has 0 bridgehead atoms. The van der Waals surface area contributed by atoms with Gasteiger partial charge >= 0.3 is 0 Å². The molecule has 1 saturated carbocycles. The van der Waals surface area contributed by atoms with Crippen molar-refractivity contribution in [2.75, 3.05) is 5.32 Å². The molecule has 1 aromatic heterocycles. The van der Waals surface area contributed by atoms with Gasteiger partial charge in [0.1, 0.15) is 0 Å². The Morgan fingerprint density at radius 2 is 2.00 bits per heavy atom. The Balaban J connectivity index is 2.08. The molecule has 0 saturated heterocycles. The highest BCUT2D eigenvalue weighted by Crippen LogP contribution is 2.24. The van der Waals surface area contributed by atoms with Crippen molar-refractivity contribution in [1.82, 2.24) is 15.2 Å². The molecule has 1 aliphatic carbocycles. The fourth-order valence-electron chi connectivity index (χ4n) is 2.51. The van der Waals surface area contributed by atoms with Crippen LogP contribution in [0.4, 0.5) is 5.95 Å². The molecular formula is C13H21N5O. The van der Waals surface area contributed by atoms with Gasteiger partial charge in [-0.3, -0.25) is 10.1 Å². The van der Waals surface area contributed by atoms with Crippen LogP contribution < -0.4 is 11.1 Å². The number of aryl methyl sites for hydroxylation is 2. The molecule has 1 fully saturated rings. The van der Waals surface area contributed by atoms with Gasteiger partial charge in [0.05, 0.1) is 17.3 Å². The Morgan fingerprint density at radius 3 is 2.58 bits per heavy atom. The number of hydrogen-bond donors (Lipinski definition) is 2. The SMILES string of the molecule is CCc1nnc(NC(=O)C2CCCC2N)nc1CC. The summed E-state index contributed by atoms with van der Waals surface area (Å²) in [5, 5.41) is 10.8. The molecule has 0 radical (unpaired) electrons. The highest BCUT2D eigenvalue weighted by atomic mass is 16.2. The molecule has 0 spiro atoms. The minimum absolute atomic E-state index is 0.0477. The Bertz CT molecular complexity index is 462. The molecule has 6 heteroatoms. The van der Waals surface area contributed by atoms with Crippen LogP contribution in [0.2, 0.25) is 0 Å². The van der Waals surface area contributed by atoms with Crippen molar-refractivity contribution in [3.63, 3.8) is 0 Å². The molecule has 2 rings (SSSR count). The quantitative estimate of drug-likeness (QED) is 0.847. The topological polar surface area (TPSA) is 93.8 Å². The van der Waals surface area contributed by atoms with E-state index in [4.69, 9.17) is 5.73 Å². The van der Waals surface area contributed by atoms with Gasteiger partial charge in [-0.25, -0.2) is 4.98 Å². The van der Waals surface area contributed by atoms with E-state index in [0.717, 1.165) is 43.5 Å². The number of carbonyl (C=O) groups excluding carboxylic acids is 1. The third kappa shape index (κ3) is 3.07. The van der Waals surface area contributed by atoms with Gasteiger partial charge in [0, 0.05) is 6.04 Å². The van der Waals surface area contributed by atoms with E-state index >= 15 is 0 Å². The Morgan fingerprint density at radius 1 is 1.26 bits per heavy atom. The van der Waals surface area contributed by atoms with Crippen molar-refractivity contribution in [1.29, 1.82) is 0 Å². The molecule has 2 atom stereocenters. The zero-order valence-electron chi connectivity index (χ0n) is 11.5. The number of anilines is 1. The van der Waals surface area contributed by atoms with Gasteiger partial charge < -0.3 is 5.73 Å². The monoisotopic (exact) mass is 263 g/mol. The van der Waals surface area contributed by atoms with Gasteiger partial charge in [0.2, 0.25) is 11.9 Å². The predicted molar refractivity (Wildman–Crippen MR) is 72.5 cm³/mol. The summed E-state index contributed by atoms with van der Waals surface area (Å²) in [6.07, 6.45) is 4.34. The van der Waals surface area contributed by atoms with Crippen molar-refractivity contribution < 1.29 is 4.79 Å². The summed E-state index contributed by atoms with van der Waals surface area (Å²) in [7, 11) is 0. The average molecular weight is 263 g/mol. The van der Waals surface area contributed by atoms with Crippen LogP contribution in [0.25, 0.3) is 0 Å². The van der Waals surface area contributed by atoms with E-state index in [-0.39, 0.29) is 23.8 Å². The number of nitrogens with one attached hydrogen (secondary N) is 1. The van der Waals surface area contributed by atoms with E-state index in [2.05, 4.69) is 20.5 Å². The fourth-order valence-corrected chi connectivity index (χ4v) is 2.51. The highest BCUT2D eigenvalue weighted by molar-refractivity contribution is 5.91. The number of hydrogen-bond acceptors (Lipinski definition) is 5. The van der Waals surface area contributed by atoms with Crippen molar-refractivity contribution in [3.05, 3.63) is 11.4 Å². The van der Waals surface area contributed by atoms with Crippen LogP contribution in [0.15, 0.2) is 0 Å². The maximum Gasteiger partial charge on any atom is 0.249 e. The lowest BCUT2D eigenvalue weighted by Crippen LogP contribution is -2.34. The lowest BCUT2D eigenvalue weighted by atomic mass is 10.0. The molecule has 1 amide bonds. The molecule has 104 valence electrons. The van der Waals surface area contributed by atoms with Crippen LogP contribution in [0.3, 0.4) is 0 Å². The van der Waals surface area contributed by atoms with Crippen LogP contribution in [0, 0.1) is 5.92 Å². The molecule has 0 aromatic carbocycles. The Hall–Kier alpha value is -1.56. The molecule has 1 aromatic rings. The Kier molecular flexibility index (Phi) is 4.42. The second-order valence-corrected chi connectivity index (χ2v) is 4.93. The van der Waals surface area contributed by atoms with Crippen LogP contribution in [-0.2, 0) is 17.6 Å². The number of nitrogens with two attached hydrogens (primary N) is 1. The van der Waals surface area contributed by atoms with Gasteiger partial charge in [-0.05, 0) is 25.7 Å². The van der Waals surface area contributed by atoms with E-state index < -0.39 is 0 Å². The zero-order valence-corrected chi connectivity index (χ0v) is 11.5. The predicted octanol–water partition coefficient (Wildman–Crippen LogP) is 1.06. The first-order chi connectivity index (χ1) is 9.15. The number of carbonyl (C=O) groups is 1. The van der Waals surface area contributed by atoms with Gasteiger partial charge in [0.15, 0.2) is 0 Å². The molecule has 1 aliphatic rings. The Labute approximate surface area is 113 Å². The smallest absolute Gasteiger partial charge is 0.249 e. The van der Waals surface area contributed by atoms with Crippen molar-refractivity contribution in [2.24, 2.45) is 11.7 Å². The largest absolute Gasteiger partial charge is 0.327 e. The summed E-state index contributed by atoms with van der Waals surface area (Å²) in [4.78, 5) is 16.4. The van der Waals surface area contributed by atoms with Crippen LogP contribution in [-0.4, -0.2) is 27.1 Å². The lowest BCUT2D eigenvalue weighted by Gasteiger charge is -2.14. The zero-order chi connectivity index (χ0) is 13.8. The molecule has 0 aliphatic heterocycles. The molecular weight excluding hydrogens is 242 g/mol. The second kappa shape index (κ2) is 6.06. The number of rotatable bonds is 4. The molecule has 19 heavy (non-hydrogen) atoms. The van der Waals surface area contributed by atoms with Crippen LogP contribution in [0.1, 0.15) is 44.5 Å². The van der Waals surface area contributed by atoms with Gasteiger partial charge in [-0.2, -0.15) is 0 Å². The van der Waals surface area contributed by atoms with Gasteiger partial charge in [0.25, 0.3) is 0 Å². The molecule has 3 N–H and O–H groups in total. The standard InChI is InChI=1S/C13H21N5O/c1-3-10-11(4-2)17-18-13(15-10)16-12(19)8-6-5-7-9(8)14/h8-9H,3-7,14H2,1-2H3,(H,15,16,18,19). The van der Waals surface area contributed by atoms with Crippen LogP contribution in [0.5, 0.6) is 0 Å². The van der Waals surface area contributed by atoms with Gasteiger partial charge in [-0.15, -0.1) is 10.2 Å². The minimum Gasteiger partial charge on any atom is -0.327 e. The molecule has 1 heterocycles. The maximum absolute atomic E-state index is 12.1. The molecule has 2 unspecified atom stereocenters. The van der Waals surface area contributed by atoms with Crippen LogP contribution >= 0.6 is 0 Å². The lowest BCUT2D eigenvalue weighted by molar-refractivity contribution is -0.120. The summed E-state index contributed by atoms with van der Waals surface area (Å²) in [6.45, 7) is 4.03. The normalized spacial score (nSPS) is 22.5.